The van der Waals surface area contributed by atoms with Crippen molar-refractivity contribution in [3.05, 3.63) is 65.2 Å². The summed E-state index contributed by atoms with van der Waals surface area (Å²) in [4.78, 5) is 23.8. The van der Waals surface area contributed by atoms with Gasteiger partial charge in [-0.05, 0) is 62.1 Å². The summed E-state index contributed by atoms with van der Waals surface area (Å²) in [6, 6.07) is 16.3. The van der Waals surface area contributed by atoms with Crippen LogP contribution in [0.5, 0.6) is 5.75 Å². The highest BCUT2D eigenvalue weighted by Gasteiger charge is 2.58. The molecule has 7 nitrogen and oxygen atoms in total. The maximum Gasteiger partial charge on any atom is 0.220 e. The minimum Gasteiger partial charge on any atom is -0.497 e. The van der Waals surface area contributed by atoms with Gasteiger partial charge in [-0.1, -0.05) is 49.7 Å². The molecule has 1 saturated heterocycles. The molecule has 192 valence electrons. The lowest BCUT2D eigenvalue weighted by molar-refractivity contribution is -0.152. The van der Waals surface area contributed by atoms with Gasteiger partial charge in [0.1, 0.15) is 5.75 Å². The van der Waals surface area contributed by atoms with Gasteiger partial charge in [0, 0.05) is 31.5 Å². The summed E-state index contributed by atoms with van der Waals surface area (Å²) in [7, 11) is 3.32. The van der Waals surface area contributed by atoms with Gasteiger partial charge in [0.15, 0.2) is 0 Å². The van der Waals surface area contributed by atoms with Gasteiger partial charge in [0.05, 0.1) is 12.7 Å². The summed E-state index contributed by atoms with van der Waals surface area (Å²) >= 11 is 0. The van der Waals surface area contributed by atoms with Crippen LogP contribution in [0, 0.1) is 6.92 Å². The van der Waals surface area contributed by atoms with Crippen LogP contribution in [0.1, 0.15) is 56.2 Å². The molecule has 0 radical (unpaired) electrons. The van der Waals surface area contributed by atoms with Crippen LogP contribution in [0.4, 0.5) is 0 Å². The van der Waals surface area contributed by atoms with Gasteiger partial charge in [-0.2, -0.15) is 0 Å². The molecule has 3 rings (SSSR count). The highest BCUT2D eigenvalue weighted by molar-refractivity contribution is 5.78. The van der Waals surface area contributed by atoms with Crippen LogP contribution >= 0.6 is 0 Å². The fraction of sp³-hybridized carbons (Fsp3) is 0.500. The topological polar surface area (TPSA) is 105 Å². The average Bonchev–Trinajstić information content (AvgIpc) is 2.85. The number of amides is 2. The van der Waals surface area contributed by atoms with Gasteiger partial charge >= 0.3 is 0 Å². The molecule has 0 bridgehead atoms. The Morgan fingerprint density at radius 3 is 2.51 bits per heavy atom. The predicted octanol–water partition coefficient (Wildman–Crippen LogP) is 3.30. The van der Waals surface area contributed by atoms with Crippen LogP contribution in [-0.4, -0.2) is 54.7 Å². The van der Waals surface area contributed by atoms with E-state index < -0.39 is 11.0 Å². The number of rotatable bonds is 8. The Bertz CT molecular complexity index is 968. The summed E-state index contributed by atoms with van der Waals surface area (Å²) < 4.78 is 5.54. The summed E-state index contributed by atoms with van der Waals surface area (Å²) in [5.74, 6) is 0.700. The third-order valence-corrected chi connectivity index (χ3v) is 7.45. The van der Waals surface area contributed by atoms with Crippen LogP contribution in [0.15, 0.2) is 48.5 Å². The third kappa shape index (κ3) is 6.03. The van der Waals surface area contributed by atoms with Crippen molar-refractivity contribution in [2.75, 3.05) is 20.7 Å². The number of primary amides is 1. The Balaban J connectivity index is 0.00000137. The minimum absolute atomic E-state index is 0.0505. The number of aryl methyl sites for hydroxylation is 1. The van der Waals surface area contributed by atoms with E-state index in [1.807, 2.05) is 24.3 Å². The molecule has 1 fully saturated rings. The van der Waals surface area contributed by atoms with Gasteiger partial charge in [0.25, 0.3) is 0 Å². The number of hydrogen-bond acceptors (Lipinski definition) is 5. The van der Waals surface area contributed by atoms with Crippen molar-refractivity contribution in [3.8, 4) is 5.75 Å². The maximum absolute atomic E-state index is 12.8. The monoisotopic (exact) mass is 483 g/mol. The molecule has 2 aromatic carbocycles. The number of piperidine rings is 1. The van der Waals surface area contributed by atoms with Crippen LogP contribution < -0.4 is 15.8 Å². The number of aliphatic hydroxyl groups is 1. The quantitative estimate of drug-likeness (QED) is 0.500. The minimum atomic E-state index is -1.07. The lowest BCUT2D eigenvalue weighted by Crippen LogP contribution is -2.68. The number of nitrogens with zero attached hydrogens (tertiary/aromatic N) is 1. The largest absolute Gasteiger partial charge is 0.497 e. The molecule has 3 atom stereocenters. The zero-order chi connectivity index (χ0) is 26.1. The molecular formula is C28H41N3O4. The van der Waals surface area contributed by atoms with Crippen molar-refractivity contribution in [3.63, 3.8) is 0 Å². The molecular weight excluding hydrogens is 442 g/mol. The van der Waals surface area contributed by atoms with Crippen molar-refractivity contribution in [2.45, 2.75) is 70.1 Å². The molecule has 7 heteroatoms. The lowest BCUT2D eigenvalue weighted by Gasteiger charge is -2.58. The van der Waals surface area contributed by atoms with E-state index in [9.17, 15) is 9.90 Å². The average molecular weight is 484 g/mol. The Hall–Kier alpha value is -2.90. The van der Waals surface area contributed by atoms with Crippen molar-refractivity contribution in [2.24, 2.45) is 5.73 Å². The molecule has 1 heterocycles. The van der Waals surface area contributed by atoms with E-state index in [1.54, 1.807) is 14.2 Å². The first-order valence-corrected chi connectivity index (χ1v) is 12.2. The third-order valence-electron chi connectivity index (χ3n) is 7.45. The van der Waals surface area contributed by atoms with Crippen molar-refractivity contribution < 1.29 is 19.4 Å². The van der Waals surface area contributed by atoms with Gasteiger partial charge in [-0.15, -0.1) is 0 Å². The second kappa shape index (κ2) is 12.7. The van der Waals surface area contributed by atoms with Crippen molar-refractivity contribution in [1.82, 2.24) is 10.2 Å². The van der Waals surface area contributed by atoms with E-state index in [4.69, 9.17) is 9.53 Å². The van der Waals surface area contributed by atoms with Crippen LogP contribution in [0.2, 0.25) is 0 Å². The second-order valence-electron chi connectivity index (χ2n) is 9.31. The summed E-state index contributed by atoms with van der Waals surface area (Å²) in [5, 5.41) is 15.3. The number of benzene rings is 2. The Kier molecular flexibility index (Phi) is 10.3. The zero-order valence-corrected chi connectivity index (χ0v) is 21.7. The van der Waals surface area contributed by atoms with E-state index in [-0.39, 0.29) is 24.8 Å². The molecule has 2 aromatic rings. The molecule has 0 aromatic heterocycles. The van der Waals surface area contributed by atoms with E-state index in [1.165, 1.54) is 5.56 Å². The SMILES string of the molecule is CCCC1(O)C(C)N(Cc2ccccc2)CC[C@@]1(CC(=O)NC)c1cc(OC)ccc1C.NC=O. The number of carbonyl (C=O) groups is 2. The molecule has 2 amide bonds. The summed E-state index contributed by atoms with van der Waals surface area (Å²) in [6.45, 7) is 7.86. The van der Waals surface area contributed by atoms with Crippen molar-refractivity contribution in [1.29, 1.82) is 0 Å². The van der Waals surface area contributed by atoms with Gasteiger partial charge in [0.2, 0.25) is 12.3 Å². The first-order valence-electron chi connectivity index (χ1n) is 12.2. The van der Waals surface area contributed by atoms with Crippen molar-refractivity contribution >= 4 is 12.3 Å². The molecule has 1 aliphatic rings. The van der Waals surface area contributed by atoms with Crippen LogP contribution in [0.3, 0.4) is 0 Å². The maximum atomic E-state index is 12.8. The first-order chi connectivity index (χ1) is 16.7. The summed E-state index contributed by atoms with van der Waals surface area (Å²) in [6.07, 6.45) is 2.64. The van der Waals surface area contributed by atoms with Crippen LogP contribution in [-0.2, 0) is 21.5 Å². The molecule has 0 aliphatic carbocycles. The van der Waals surface area contributed by atoms with Crippen LogP contribution in [0.25, 0.3) is 0 Å². The highest BCUT2D eigenvalue weighted by atomic mass is 16.5. The Morgan fingerprint density at radius 2 is 1.94 bits per heavy atom. The Morgan fingerprint density at radius 1 is 1.29 bits per heavy atom. The Labute approximate surface area is 209 Å². The summed E-state index contributed by atoms with van der Waals surface area (Å²) in [5.41, 5.74) is 5.72. The highest BCUT2D eigenvalue weighted by Crippen LogP contribution is 2.52. The number of nitrogens with one attached hydrogen (secondary N) is 1. The molecule has 2 unspecified atom stereocenters. The number of carbonyl (C=O) groups excluding carboxylic acids is 2. The molecule has 0 saturated carbocycles. The normalized spacial score (nSPS) is 24.1. The number of likely N-dealkylation sites (tertiary alicyclic amines) is 1. The fourth-order valence-corrected chi connectivity index (χ4v) is 5.62. The zero-order valence-electron chi connectivity index (χ0n) is 21.7. The predicted molar refractivity (Wildman–Crippen MR) is 139 cm³/mol. The number of nitrogens with two attached hydrogens (primary N) is 1. The van der Waals surface area contributed by atoms with Gasteiger partial charge < -0.3 is 20.9 Å². The molecule has 0 spiro atoms. The van der Waals surface area contributed by atoms with E-state index in [0.717, 1.165) is 36.4 Å². The van der Waals surface area contributed by atoms with E-state index in [2.05, 4.69) is 61.0 Å². The van der Waals surface area contributed by atoms with Gasteiger partial charge in [-0.3, -0.25) is 14.5 Å². The molecule has 1 aliphatic heterocycles. The molecule has 4 N–H and O–H groups in total. The lowest BCUT2D eigenvalue weighted by atomic mass is 9.56. The fourth-order valence-electron chi connectivity index (χ4n) is 5.62. The van der Waals surface area contributed by atoms with Gasteiger partial charge in [-0.25, -0.2) is 0 Å². The smallest absolute Gasteiger partial charge is 0.220 e. The van der Waals surface area contributed by atoms with E-state index >= 15 is 0 Å². The number of ether oxygens (including phenoxy) is 1. The number of methoxy groups -OCH3 is 1. The first kappa shape index (κ1) is 28.3. The number of hydrogen-bond donors (Lipinski definition) is 3. The molecule has 35 heavy (non-hydrogen) atoms. The second-order valence-corrected chi connectivity index (χ2v) is 9.31. The van der Waals surface area contributed by atoms with E-state index in [0.29, 0.717) is 12.8 Å². The standard InChI is InChI=1S/C27H38N2O3.CH3NO/c1-6-14-27(31)21(3)29(19-22-10-8-7-9-11-22)16-15-26(27,18-25(30)28-4)24-17-23(32-5)13-12-20(24)2;2-1-3/h7-13,17,21,31H,6,14-16,18-19H2,1-5H3,(H,28,30);1H,(H2,2,3)/t21?,26-,27?;/m1./s1.